The summed E-state index contributed by atoms with van der Waals surface area (Å²) in [5, 5.41) is 2.92. The first kappa shape index (κ1) is 16.2. The Hall–Kier alpha value is -2.62. The van der Waals surface area contributed by atoms with Gasteiger partial charge in [-0.05, 0) is 51.0 Å². The number of hydrogen-bond donors (Lipinski definition) is 1. The predicted molar refractivity (Wildman–Crippen MR) is 95.0 cm³/mol. The van der Waals surface area contributed by atoms with Crippen molar-refractivity contribution in [2.24, 2.45) is 0 Å². The molecule has 2 aromatic carbocycles. The van der Waals surface area contributed by atoms with Crippen molar-refractivity contribution in [2.75, 3.05) is 11.9 Å². The molecule has 4 heteroatoms. The van der Waals surface area contributed by atoms with E-state index >= 15 is 0 Å². The van der Waals surface area contributed by atoms with E-state index in [4.69, 9.17) is 0 Å². The number of likely N-dealkylation sites (tertiary alicyclic amines) is 1. The lowest BCUT2D eigenvalue weighted by atomic mass is 10.1. The van der Waals surface area contributed by atoms with E-state index in [2.05, 4.69) is 5.32 Å². The van der Waals surface area contributed by atoms with Crippen LogP contribution in [-0.2, 0) is 4.79 Å². The molecule has 0 aromatic heterocycles. The smallest absolute Gasteiger partial charge is 0.254 e. The fourth-order valence-corrected chi connectivity index (χ4v) is 3.01. The number of rotatable bonds is 3. The molecule has 0 aliphatic carbocycles. The molecule has 2 aromatic rings. The Morgan fingerprint density at radius 1 is 0.958 bits per heavy atom. The summed E-state index contributed by atoms with van der Waals surface area (Å²) in [6.45, 7) is 4.62. The first-order chi connectivity index (χ1) is 11.5. The van der Waals surface area contributed by atoms with Crippen LogP contribution >= 0.6 is 0 Å². The van der Waals surface area contributed by atoms with Crippen LogP contribution in [0.25, 0.3) is 0 Å². The SMILES string of the molecule is Cc1ccc(NC(=O)[C@H]2CCCN2C(=O)c2ccc(C)cc2)cc1. The maximum absolute atomic E-state index is 12.7. The van der Waals surface area contributed by atoms with Crippen LogP contribution < -0.4 is 5.32 Å². The molecule has 1 atom stereocenters. The van der Waals surface area contributed by atoms with Crippen LogP contribution in [0.1, 0.15) is 34.3 Å². The van der Waals surface area contributed by atoms with Gasteiger partial charge in [0.25, 0.3) is 5.91 Å². The van der Waals surface area contributed by atoms with Crippen molar-refractivity contribution < 1.29 is 9.59 Å². The van der Waals surface area contributed by atoms with Gasteiger partial charge in [0.1, 0.15) is 6.04 Å². The Morgan fingerprint density at radius 2 is 1.54 bits per heavy atom. The van der Waals surface area contributed by atoms with E-state index in [1.807, 2.05) is 62.4 Å². The number of carbonyl (C=O) groups excluding carboxylic acids is 2. The van der Waals surface area contributed by atoms with Crippen molar-refractivity contribution in [3.05, 3.63) is 65.2 Å². The summed E-state index contributed by atoms with van der Waals surface area (Å²) in [6.07, 6.45) is 1.55. The predicted octanol–water partition coefficient (Wildman–Crippen LogP) is 3.55. The van der Waals surface area contributed by atoms with Gasteiger partial charge in [-0.1, -0.05) is 35.4 Å². The molecule has 0 radical (unpaired) electrons. The fourth-order valence-electron chi connectivity index (χ4n) is 3.01. The maximum atomic E-state index is 12.7. The van der Waals surface area contributed by atoms with E-state index < -0.39 is 6.04 Å². The maximum Gasteiger partial charge on any atom is 0.254 e. The third-order valence-corrected chi connectivity index (χ3v) is 4.43. The van der Waals surface area contributed by atoms with Crippen LogP contribution in [0.4, 0.5) is 5.69 Å². The minimum Gasteiger partial charge on any atom is -0.327 e. The standard InChI is InChI=1S/C20H22N2O2/c1-14-5-9-16(10-6-14)20(24)22-13-3-4-18(22)19(23)21-17-11-7-15(2)8-12-17/h5-12,18H,3-4,13H2,1-2H3,(H,21,23)/t18-/m1/s1. The lowest BCUT2D eigenvalue weighted by molar-refractivity contribution is -0.119. The summed E-state index contributed by atoms with van der Waals surface area (Å²) in [4.78, 5) is 27.0. The molecule has 2 amide bonds. The number of carbonyl (C=O) groups is 2. The van der Waals surface area contributed by atoms with Gasteiger partial charge in [-0.3, -0.25) is 9.59 Å². The molecular formula is C20H22N2O2. The van der Waals surface area contributed by atoms with E-state index in [-0.39, 0.29) is 11.8 Å². The molecule has 1 heterocycles. The molecule has 0 unspecified atom stereocenters. The molecule has 0 spiro atoms. The highest BCUT2D eigenvalue weighted by atomic mass is 16.2. The zero-order valence-corrected chi connectivity index (χ0v) is 14.1. The van der Waals surface area contributed by atoms with Crippen LogP contribution in [0.15, 0.2) is 48.5 Å². The minimum absolute atomic E-state index is 0.0726. The van der Waals surface area contributed by atoms with Crippen molar-refractivity contribution in [3.63, 3.8) is 0 Å². The number of hydrogen-bond acceptors (Lipinski definition) is 2. The van der Waals surface area contributed by atoms with E-state index in [9.17, 15) is 9.59 Å². The van der Waals surface area contributed by atoms with E-state index in [1.165, 1.54) is 0 Å². The van der Waals surface area contributed by atoms with Crippen molar-refractivity contribution in [2.45, 2.75) is 32.7 Å². The Kier molecular flexibility index (Phi) is 4.65. The second-order valence-corrected chi connectivity index (χ2v) is 6.38. The fraction of sp³-hybridized carbons (Fsp3) is 0.300. The zero-order chi connectivity index (χ0) is 17.1. The summed E-state index contributed by atoms with van der Waals surface area (Å²) in [7, 11) is 0. The average molecular weight is 322 g/mol. The molecule has 1 N–H and O–H groups in total. The van der Waals surface area contributed by atoms with Crippen molar-refractivity contribution in [3.8, 4) is 0 Å². The molecule has 24 heavy (non-hydrogen) atoms. The van der Waals surface area contributed by atoms with Crippen LogP contribution in [0.5, 0.6) is 0 Å². The van der Waals surface area contributed by atoms with Gasteiger partial charge in [-0.2, -0.15) is 0 Å². The molecule has 1 saturated heterocycles. The minimum atomic E-state index is -0.403. The summed E-state index contributed by atoms with van der Waals surface area (Å²) in [6, 6.07) is 14.8. The Labute approximate surface area is 142 Å². The summed E-state index contributed by atoms with van der Waals surface area (Å²) in [5.41, 5.74) is 3.66. The highest BCUT2D eigenvalue weighted by Crippen LogP contribution is 2.22. The summed E-state index contributed by atoms with van der Waals surface area (Å²) in [5.74, 6) is -0.187. The number of nitrogens with zero attached hydrogens (tertiary/aromatic N) is 1. The van der Waals surface area contributed by atoms with Crippen LogP contribution in [0, 0.1) is 13.8 Å². The van der Waals surface area contributed by atoms with Gasteiger partial charge in [0.2, 0.25) is 5.91 Å². The van der Waals surface area contributed by atoms with Gasteiger partial charge in [-0.25, -0.2) is 0 Å². The number of nitrogens with one attached hydrogen (secondary N) is 1. The molecule has 1 aliphatic heterocycles. The van der Waals surface area contributed by atoms with Crippen LogP contribution in [0.2, 0.25) is 0 Å². The number of benzene rings is 2. The quantitative estimate of drug-likeness (QED) is 0.939. The first-order valence-electron chi connectivity index (χ1n) is 8.30. The molecule has 3 rings (SSSR count). The zero-order valence-electron chi connectivity index (χ0n) is 14.1. The van der Waals surface area contributed by atoms with Gasteiger partial charge in [-0.15, -0.1) is 0 Å². The number of aryl methyl sites for hydroxylation is 2. The van der Waals surface area contributed by atoms with Gasteiger partial charge in [0.05, 0.1) is 0 Å². The van der Waals surface area contributed by atoms with Gasteiger partial charge >= 0.3 is 0 Å². The van der Waals surface area contributed by atoms with Gasteiger partial charge in [0, 0.05) is 17.8 Å². The highest BCUT2D eigenvalue weighted by molar-refractivity contribution is 6.01. The first-order valence-corrected chi connectivity index (χ1v) is 8.30. The van der Waals surface area contributed by atoms with Crippen molar-refractivity contribution in [1.29, 1.82) is 0 Å². The lowest BCUT2D eigenvalue weighted by Gasteiger charge is -2.24. The number of amides is 2. The monoisotopic (exact) mass is 322 g/mol. The second-order valence-electron chi connectivity index (χ2n) is 6.38. The Balaban J connectivity index is 1.72. The van der Waals surface area contributed by atoms with Crippen LogP contribution in [-0.4, -0.2) is 29.3 Å². The molecular weight excluding hydrogens is 300 g/mol. The average Bonchev–Trinajstić information content (AvgIpc) is 3.07. The topological polar surface area (TPSA) is 49.4 Å². The van der Waals surface area contributed by atoms with Crippen LogP contribution in [0.3, 0.4) is 0 Å². The van der Waals surface area contributed by atoms with Gasteiger partial charge in [0.15, 0.2) is 0 Å². The highest BCUT2D eigenvalue weighted by Gasteiger charge is 2.34. The van der Waals surface area contributed by atoms with Gasteiger partial charge < -0.3 is 10.2 Å². The number of anilines is 1. The third kappa shape index (κ3) is 3.48. The third-order valence-electron chi connectivity index (χ3n) is 4.43. The lowest BCUT2D eigenvalue weighted by Crippen LogP contribution is -2.43. The largest absolute Gasteiger partial charge is 0.327 e. The molecule has 0 saturated carbocycles. The Morgan fingerprint density at radius 3 is 2.17 bits per heavy atom. The molecule has 4 nitrogen and oxygen atoms in total. The normalized spacial score (nSPS) is 16.9. The summed E-state index contributed by atoms with van der Waals surface area (Å²) >= 11 is 0. The molecule has 124 valence electrons. The Bertz CT molecular complexity index is 735. The molecule has 1 aliphatic rings. The molecule has 1 fully saturated rings. The summed E-state index contributed by atoms with van der Waals surface area (Å²) < 4.78 is 0. The van der Waals surface area contributed by atoms with E-state index in [0.29, 0.717) is 18.5 Å². The van der Waals surface area contributed by atoms with E-state index in [1.54, 1.807) is 4.90 Å². The molecule has 0 bridgehead atoms. The van der Waals surface area contributed by atoms with Crippen molar-refractivity contribution in [1.82, 2.24) is 4.90 Å². The second kappa shape index (κ2) is 6.87. The van der Waals surface area contributed by atoms with Crippen molar-refractivity contribution >= 4 is 17.5 Å². The van der Waals surface area contributed by atoms with E-state index in [0.717, 1.165) is 23.2 Å².